The van der Waals surface area contributed by atoms with E-state index < -0.39 is 16.0 Å². The van der Waals surface area contributed by atoms with Gasteiger partial charge in [0.05, 0.1) is 24.7 Å². The van der Waals surface area contributed by atoms with Gasteiger partial charge in [0, 0.05) is 18.1 Å². The number of sulfonamides is 1. The minimum Gasteiger partial charge on any atom is -0.497 e. The molecule has 31 heavy (non-hydrogen) atoms. The highest BCUT2D eigenvalue weighted by Crippen LogP contribution is 2.24. The maximum atomic E-state index is 13.4. The topological polar surface area (TPSA) is 72.9 Å². The Labute approximate surface area is 187 Å². The molecule has 0 saturated heterocycles. The molecule has 0 aliphatic carbocycles. The van der Waals surface area contributed by atoms with Crippen molar-refractivity contribution < 1.29 is 22.7 Å². The molecule has 0 aromatic heterocycles. The molecule has 0 aliphatic rings. The highest BCUT2D eigenvalue weighted by Gasteiger charge is 2.25. The van der Waals surface area contributed by atoms with E-state index >= 15 is 0 Å². The van der Waals surface area contributed by atoms with Crippen molar-refractivity contribution in [2.24, 2.45) is 0 Å². The second kappa shape index (κ2) is 9.96. The predicted octanol–water partition coefficient (Wildman–Crippen LogP) is 4.53. The third-order valence-corrected chi connectivity index (χ3v) is 6.76. The Morgan fingerprint density at radius 3 is 1.84 bits per heavy atom. The van der Waals surface area contributed by atoms with Crippen LogP contribution in [0.4, 0.5) is 0 Å². The zero-order chi connectivity index (χ0) is 22.4. The highest BCUT2D eigenvalue weighted by atomic mass is 35.5. The number of carbonyl (C=O) groups is 1. The van der Waals surface area contributed by atoms with Gasteiger partial charge in [0.1, 0.15) is 5.75 Å². The molecule has 0 N–H and O–H groups in total. The molecule has 3 rings (SSSR count). The predicted molar refractivity (Wildman–Crippen MR) is 119 cm³/mol. The van der Waals surface area contributed by atoms with E-state index in [4.69, 9.17) is 21.1 Å². The Hall–Kier alpha value is -2.87. The molecule has 0 fully saturated rings. The average molecular weight is 460 g/mol. The van der Waals surface area contributed by atoms with Gasteiger partial charge in [-0.05, 0) is 59.7 Å². The molecule has 6 nitrogen and oxygen atoms in total. The van der Waals surface area contributed by atoms with Gasteiger partial charge in [-0.3, -0.25) is 0 Å². The van der Waals surface area contributed by atoms with Crippen LogP contribution in [0.2, 0.25) is 5.02 Å². The first-order chi connectivity index (χ1) is 14.8. The van der Waals surface area contributed by atoms with E-state index in [0.29, 0.717) is 16.3 Å². The summed E-state index contributed by atoms with van der Waals surface area (Å²) in [6.45, 7) is 0.284. The molecule has 0 radical (unpaired) electrons. The summed E-state index contributed by atoms with van der Waals surface area (Å²) in [7, 11) is -0.924. The molecule has 3 aromatic rings. The van der Waals surface area contributed by atoms with E-state index in [-0.39, 0.29) is 18.0 Å². The lowest BCUT2D eigenvalue weighted by Gasteiger charge is -2.23. The fourth-order valence-electron chi connectivity index (χ4n) is 2.98. The first kappa shape index (κ1) is 22.8. The van der Waals surface area contributed by atoms with E-state index in [1.54, 1.807) is 55.6 Å². The van der Waals surface area contributed by atoms with Crippen molar-refractivity contribution in [3.63, 3.8) is 0 Å². The molecule has 162 valence electrons. The normalized spacial score (nSPS) is 11.4. The van der Waals surface area contributed by atoms with Gasteiger partial charge in [-0.2, -0.15) is 4.31 Å². The summed E-state index contributed by atoms with van der Waals surface area (Å²) in [5.41, 5.74) is 1.94. The van der Waals surface area contributed by atoms with Gasteiger partial charge in [-0.25, -0.2) is 13.2 Å². The van der Waals surface area contributed by atoms with Crippen molar-refractivity contribution in [2.75, 3.05) is 14.2 Å². The van der Waals surface area contributed by atoms with Crippen LogP contribution in [-0.4, -0.2) is 32.9 Å². The molecule has 0 atom stereocenters. The van der Waals surface area contributed by atoms with Crippen LogP contribution < -0.4 is 4.74 Å². The Bertz CT molecular complexity index is 1130. The molecule has 0 saturated carbocycles. The molecule has 0 spiro atoms. The second-order valence-electron chi connectivity index (χ2n) is 6.76. The third kappa shape index (κ3) is 5.64. The lowest BCUT2D eigenvalue weighted by Crippen LogP contribution is -2.30. The van der Waals surface area contributed by atoms with Crippen LogP contribution in [0.15, 0.2) is 77.7 Å². The van der Waals surface area contributed by atoms with Gasteiger partial charge < -0.3 is 9.47 Å². The molecule has 0 aliphatic heterocycles. The monoisotopic (exact) mass is 459 g/mol. The molecular formula is C23H22ClNO5S. The van der Waals surface area contributed by atoms with Gasteiger partial charge in [0.25, 0.3) is 0 Å². The van der Waals surface area contributed by atoms with Crippen molar-refractivity contribution in [3.8, 4) is 5.75 Å². The van der Waals surface area contributed by atoms with Crippen molar-refractivity contribution >= 4 is 27.6 Å². The lowest BCUT2D eigenvalue weighted by atomic mass is 10.1. The standard InChI is InChI=1S/C23H22ClNO5S/c1-29-21-11-5-18(6-12-21)16-25(31(27,28)22-13-9-20(24)10-14-22)15-17-3-7-19(8-4-17)23(26)30-2/h3-14H,15-16H2,1-2H3. The summed E-state index contributed by atoms with van der Waals surface area (Å²) in [6.07, 6.45) is 0. The summed E-state index contributed by atoms with van der Waals surface area (Å²) in [6, 6.07) is 19.9. The smallest absolute Gasteiger partial charge is 0.337 e. The van der Waals surface area contributed by atoms with E-state index in [1.165, 1.54) is 23.5 Å². The molecule has 3 aromatic carbocycles. The highest BCUT2D eigenvalue weighted by molar-refractivity contribution is 7.89. The van der Waals surface area contributed by atoms with E-state index in [9.17, 15) is 13.2 Å². The van der Waals surface area contributed by atoms with Crippen molar-refractivity contribution in [3.05, 3.63) is 94.5 Å². The van der Waals surface area contributed by atoms with Crippen molar-refractivity contribution in [1.82, 2.24) is 4.31 Å². The quantitative estimate of drug-likeness (QED) is 0.463. The molecule has 0 heterocycles. The number of esters is 1. The summed E-state index contributed by atoms with van der Waals surface area (Å²) in [4.78, 5) is 11.8. The number of rotatable bonds is 8. The number of nitrogens with zero attached hydrogens (tertiary/aromatic N) is 1. The summed E-state index contributed by atoms with van der Waals surface area (Å²) < 4.78 is 38.0. The van der Waals surface area contributed by atoms with Crippen LogP contribution in [0.5, 0.6) is 5.75 Å². The fourth-order valence-corrected chi connectivity index (χ4v) is 4.53. The number of benzene rings is 3. The zero-order valence-electron chi connectivity index (χ0n) is 17.1. The maximum Gasteiger partial charge on any atom is 0.337 e. The first-order valence-electron chi connectivity index (χ1n) is 9.39. The zero-order valence-corrected chi connectivity index (χ0v) is 18.7. The van der Waals surface area contributed by atoms with E-state index in [0.717, 1.165) is 11.1 Å². The average Bonchev–Trinajstić information content (AvgIpc) is 2.79. The van der Waals surface area contributed by atoms with Gasteiger partial charge in [-0.15, -0.1) is 0 Å². The maximum absolute atomic E-state index is 13.4. The molecule has 8 heteroatoms. The Balaban J connectivity index is 1.92. The van der Waals surface area contributed by atoms with Gasteiger partial charge in [-0.1, -0.05) is 35.9 Å². The minimum atomic E-state index is -3.81. The molecule has 0 bridgehead atoms. The number of hydrogen-bond donors (Lipinski definition) is 0. The fraction of sp³-hybridized carbons (Fsp3) is 0.174. The van der Waals surface area contributed by atoms with Gasteiger partial charge in [0.2, 0.25) is 10.0 Å². The summed E-state index contributed by atoms with van der Waals surface area (Å²) >= 11 is 5.92. The van der Waals surface area contributed by atoms with Crippen molar-refractivity contribution in [1.29, 1.82) is 0 Å². The number of carbonyl (C=O) groups excluding carboxylic acids is 1. The largest absolute Gasteiger partial charge is 0.497 e. The number of ether oxygens (including phenoxy) is 2. The minimum absolute atomic E-state index is 0.123. The van der Waals surface area contributed by atoms with E-state index in [1.807, 2.05) is 12.1 Å². The molecular weight excluding hydrogens is 438 g/mol. The summed E-state index contributed by atoms with van der Waals surface area (Å²) in [5.74, 6) is 0.240. The van der Waals surface area contributed by atoms with Crippen LogP contribution in [0, 0.1) is 0 Å². The Kier molecular flexibility index (Phi) is 7.33. The number of methoxy groups -OCH3 is 2. The Morgan fingerprint density at radius 1 is 0.839 bits per heavy atom. The Morgan fingerprint density at radius 2 is 1.35 bits per heavy atom. The number of halogens is 1. The molecule has 0 amide bonds. The van der Waals surface area contributed by atoms with Crippen LogP contribution >= 0.6 is 11.6 Å². The van der Waals surface area contributed by atoms with Gasteiger partial charge in [0.15, 0.2) is 0 Å². The van der Waals surface area contributed by atoms with E-state index in [2.05, 4.69) is 0 Å². The van der Waals surface area contributed by atoms with Crippen molar-refractivity contribution in [2.45, 2.75) is 18.0 Å². The summed E-state index contributed by atoms with van der Waals surface area (Å²) in [5, 5.41) is 0.457. The first-order valence-corrected chi connectivity index (χ1v) is 11.2. The van der Waals surface area contributed by atoms with Crippen LogP contribution in [0.3, 0.4) is 0 Å². The second-order valence-corrected chi connectivity index (χ2v) is 9.14. The van der Waals surface area contributed by atoms with Crippen LogP contribution in [0.25, 0.3) is 0 Å². The van der Waals surface area contributed by atoms with Crippen LogP contribution in [0.1, 0.15) is 21.5 Å². The number of hydrogen-bond acceptors (Lipinski definition) is 5. The van der Waals surface area contributed by atoms with Crippen LogP contribution in [-0.2, 0) is 27.8 Å². The third-order valence-electron chi connectivity index (χ3n) is 4.70. The van der Waals surface area contributed by atoms with Gasteiger partial charge >= 0.3 is 5.97 Å². The SMILES string of the molecule is COC(=O)c1ccc(CN(Cc2ccc(OC)cc2)S(=O)(=O)c2ccc(Cl)cc2)cc1. The molecule has 0 unspecified atom stereocenters. The lowest BCUT2D eigenvalue weighted by molar-refractivity contribution is 0.0600.